The summed E-state index contributed by atoms with van der Waals surface area (Å²) in [7, 11) is 0. The first-order chi connectivity index (χ1) is 15.8. The van der Waals surface area contributed by atoms with Crippen molar-refractivity contribution in [2.75, 3.05) is 6.54 Å². The molecule has 33 heavy (non-hydrogen) atoms. The average molecular weight is 468 g/mol. The molecular formula is C21H33N5O7. The summed E-state index contributed by atoms with van der Waals surface area (Å²) in [6.07, 6.45) is 0.787. The summed E-state index contributed by atoms with van der Waals surface area (Å²) in [6.45, 7) is 4.12. The Hall–Kier alpha value is -3.38. The average Bonchev–Trinajstić information content (AvgIpc) is 2.80. The number of hydrogen-bond acceptors (Lipinski definition) is 7. The highest BCUT2D eigenvalue weighted by atomic mass is 16.5. The molecule has 184 valence electrons. The van der Waals surface area contributed by atoms with Crippen LogP contribution in [-0.4, -0.2) is 53.0 Å². The number of hydroxylamine groups is 2. The summed E-state index contributed by atoms with van der Waals surface area (Å²) in [4.78, 5) is 47.6. The van der Waals surface area contributed by atoms with Crippen molar-refractivity contribution in [1.82, 2.24) is 26.9 Å². The van der Waals surface area contributed by atoms with Crippen LogP contribution < -0.4 is 26.9 Å². The largest absolute Gasteiger partial charge is 0.445 e. The van der Waals surface area contributed by atoms with Gasteiger partial charge in [0.1, 0.15) is 18.7 Å². The molecule has 0 bridgehead atoms. The van der Waals surface area contributed by atoms with Gasteiger partial charge < -0.3 is 20.7 Å². The zero-order valence-electron chi connectivity index (χ0n) is 18.8. The maximum atomic E-state index is 12.2. The van der Waals surface area contributed by atoms with Gasteiger partial charge in [0.05, 0.1) is 0 Å². The van der Waals surface area contributed by atoms with Crippen molar-refractivity contribution in [3.8, 4) is 0 Å². The molecule has 0 saturated carbocycles. The molecule has 1 aromatic rings. The normalized spacial score (nSPS) is 12.3. The number of carbonyl (C=O) groups excluding carboxylic acids is 4. The van der Waals surface area contributed by atoms with Crippen molar-refractivity contribution in [2.24, 2.45) is 5.92 Å². The number of amides is 5. The van der Waals surface area contributed by atoms with Gasteiger partial charge in [-0.05, 0) is 37.2 Å². The van der Waals surface area contributed by atoms with E-state index in [1.54, 1.807) is 0 Å². The van der Waals surface area contributed by atoms with Crippen molar-refractivity contribution in [2.45, 2.75) is 58.2 Å². The van der Waals surface area contributed by atoms with E-state index in [0.717, 1.165) is 5.56 Å². The Morgan fingerprint density at radius 1 is 0.909 bits per heavy atom. The molecule has 2 atom stereocenters. The predicted octanol–water partition coefficient (Wildman–Crippen LogP) is 1.18. The maximum Gasteiger partial charge on any atom is 0.407 e. The lowest BCUT2D eigenvalue weighted by Crippen LogP contribution is -2.54. The highest BCUT2D eigenvalue weighted by Crippen LogP contribution is 2.06. The van der Waals surface area contributed by atoms with Gasteiger partial charge in [-0.15, -0.1) is 0 Å². The molecule has 0 aromatic heterocycles. The summed E-state index contributed by atoms with van der Waals surface area (Å²) < 4.78 is 5.09. The van der Waals surface area contributed by atoms with Crippen molar-refractivity contribution in [3.05, 3.63) is 35.9 Å². The Bertz CT molecular complexity index is 761. The highest BCUT2D eigenvalue weighted by molar-refractivity contribution is 5.89. The SMILES string of the molecule is CC(C)C[C@H](NC(=O)N[C@@H](CCCCNC(=O)OCc1ccccc1)C(=O)NO)C(=O)NO. The van der Waals surface area contributed by atoms with Gasteiger partial charge in [0.25, 0.3) is 11.8 Å². The molecule has 12 heteroatoms. The number of unbranched alkanes of at least 4 members (excludes halogenated alkanes) is 1. The van der Waals surface area contributed by atoms with Crippen LogP contribution in [0.2, 0.25) is 0 Å². The molecule has 0 aliphatic carbocycles. The van der Waals surface area contributed by atoms with Crippen LogP contribution in [0.5, 0.6) is 0 Å². The van der Waals surface area contributed by atoms with Gasteiger partial charge in [0.2, 0.25) is 0 Å². The van der Waals surface area contributed by atoms with Crippen molar-refractivity contribution in [1.29, 1.82) is 0 Å². The Morgan fingerprint density at radius 3 is 2.12 bits per heavy atom. The molecule has 0 fully saturated rings. The van der Waals surface area contributed by atoms with E-state index >= 15 is 0 Å². The molecule has 0 radical (unpaired) electrons. The van der Waals surface area contributed by atoms with E-state index in [1.807, 2.05) is 44.2 Å². The lowest BCUT2D eigenvalue weighted by molar-refractivity contribution is -0.131. The van der Waals surface area contributed by atoms with E-state index in [-0.39, 0.29) is 25.4 Å². The standard InChI is InChI=1S/C21H33N5O7/c1-14(2)12-17(19(28)26-32)24-20(29)23-16(18(27)25-31)10-6-7-11-22-21(30)33-13-15-8-4-3-5-9-15/h3-5,8-9,14,16-17,31-32H,6-7,10-13H2,1-2H3,(H,22,30)(H,25,27)(H,26,28)(H2,23,24,29)/t16-,17-/m0/s1. The molecule has 0 aliphatic rings. The molecule has 0 spiro atoms. The Morgan fingerprint density at radius 2 is 1.52 bits per heavy atom. The van der Waals surface area contributed by atoms with Gasteiger partial charge in [-0.25, -0.2) is 20.5 Å². The molecule has 5 amide bonds. The van der Waals surface area contributed by atoms with Gasteiger partial charge in [-0.1, -0.05) is 44.2 Å². The molecule has 0 unspecified atom stereocenters. The third-order valence-electron chi connectivity index (χ3n) is 4.57. The fourth-order valence-corrected chi connectivity index (χ4v) is 2.92. The summed E-state index contributed by atoms with van der Waals surface area (Å²) in [5.74, 6) is -1.56. The van der Waals surface area contributed by atoms with Crippen LogP contribution in [0.4, 0.5) is 9.59 Å². The fraction of sp³-hybridized carbons (Fsp3) is 0.524. The Kier molecular flexibility index (Phi) is 12.9. The molecule has 7 N–H and O–H groups in total. The molecule has 0 aliphatic heterocycles. The van der Waals surface area contributed by atoms with Crippen molar-refractivity contribution >= 4 is 23.9 Å². The van der Waals surface area contributed by atoms with Crippen molar-refractivity contribution in [3.63, 3.8) is 0 Å². The van der Waals surface area contributed by atoms with Crippen LogP contribution >= 0.6 is 0 Å². The summed E-state index contributed by atoms with van der Waals surface area (Å²) in [6, 6.07) is 6.35. The van der Waals surface area contributed by atoms with E-state index in [1.165, 1.54) is 11.0 Å². The number of alkyl carbamates (subject to hydrolysis) is 1. The van der Waals surface area contributed by atoms with Crippen LogP contribution in [0.1, 0.15) is 45.1 Å². The number of benzene rings is 1. The zero-order valence-corrected chi connectivity index (χ0v) is 18.8. The number of ether oxygens (including phenoxy) is 1. The summed E-state index contributed by atoms with van der Waals surface area (Å²) >= 11 is 0. The van der Waals surface area contributed by atoms with Crippen LogP contribution in [-0.2, 0) is 20.9 Å². The minimum Gasteiger partial charge on any atom is -0.445 e. The lowest BCUT2D eigenvalue weighted by Gasteiger charge is -2.21. The summed E-state index contributed by atoms with van der Waals surface area (Å²) in [5, 5.41) is 25.1. The van der Waals surface area contributed by atoms with E-state index in [0.29, 0.717) is 19.4 Å². The third-order valence-corrected chi connectivity index (χ3v) is 4.57. The van der Waals surface area contributed by atoms with E-state index in [2.05, 4.69) is 16.0 Å². The first-order valence-electron chi connectivity index (χ1n) is 10.7. The smallest absolute Gasteiger partial charge is 0.407 e. The van der Waals surface area contributed by atoms with E-state index in [9.17, 15) is 19.2 Å². The predicted molar refractivity (Wildman–Crippen MR) is 117 cm³/mol. The molecule has 0 saturated heterocycles. The van der Waals surface area contributed by atoms with Gasteiger partial charge in [0.15, 0.2) is 0 Å². The van der Waals surface area contributed by atoms with E-state index < -0.39 is 36.0 Å². The van der Waals surface area contributed by atoms with Crippen molar-refractivity contribution < 1.29 is 34.3 Å². The maximum absolute atomic E-state index is 12.2. The second kappa shape index (κ2) is 15.4. The second-order valence-electron chi connectivity index (χ2n) is 7.79. The molecule has 12 nitrogen and oxygen atoms in total. The van der Waals surface area contributed by atoms with Gasteiger partial charge in [-0.3, -0.25) is 20.0 Å². The molecular weight excluding hydrogens is 434 g/mol. The molecule has 1 aromatic carbocycles. The Labute approximate surface area is 192 Å². The monoisotopic (exact) mass is 467 g/mol. The fourth-order valence-electron chi connectivity index (χ4n) is 2.92. The van der Waals surface area contributed by atoms with Gasteiger partial charge in [-0.2, -0.15) is 0 Å². The summed E-state index contributed by atoms with van der Waals surface area (Å²) in [5.41, 5.74) is 3.85. The number of urea groups is 1. The second-order valence-corrected chi connectivity index (χ2v) is 7.79. The molecule has 1 rings (SSSR count). The van der Waals surface area contributed by atoms with Crippen LogP contribution in [0.25, 0.3) is 0 Å². The minimum atomic E-state index is -1.07. The quantitative estimate of drug-likeness (QED) is 0.129. The van der Waals surface area contributed by atoms with Crippen LogP contribution in [0, 0.1) is 5.92 Å². The first kappa shape index (κ1) is 27.7. The third kappa shape index (κ3) is 11.7. The first-order valence-corrected chi connectivity index (χ1v) is 10.7. The van der Waals surface area contributed by atoms with Gasteiger partial charge >= 0.3 is 12.1 Å². The highest BCUT2D eigenvalue weighted by Gasteiger charge is 2.25. The number of hydrogen-bond donors (Lipinski definition) is 7. The molecule has 0 heterocycles. The number of rotatable bonds is 13. The topological polar surface area (TPSA) is 178 Å². The van der Waals surface area contributed by atoms with E-state index in [4.69, 9.17) is 15.2 Å². The Balaban J connectivity index is 2.40. The number of carbonyl (C=O) groups is 4. The minimum absolute atomic E-state index is 0.0519. The van der Waals surface area contributed by atoms with Gasteiger partial charge in [0, 0.05) is 6.54 Å². The zero-order chi connectivity index (χ0) is 24.6. The van der Waals surface area contributed by atoms with Crippen LogP contribution in [0.15, 0.2) is 30.3 Å². The van der Waals surface area contributed by atoms with Crippen LogP contribution in [0.3, 0.4) is 0 Å². The lowest BCUT2D eigenvalue weighted by atomic mass is 10.0. The number of nitrogens with one attached hydrogen (secondary N) is 5.